The van der Waals surface area contributed by atoms with E-state index in [1.165, 1.54) is 23.9 Å². The average Bonchev–Trinajstić information content (AvgIpc) is 3.41. The molecule has 4 heterocycles. The minimum absolute atomic E-state index is 0.0117. The van der Waals surface area contributed by atoms with E-state index < -0.39 is 31.7 Å². The second kappa shape index (κ2) is 10.3. The number of β-lactam (4-membered cyclic amide) rings is 1. The van der Waals surface area contributed by atoms with Crippen LogP contribution >= 0.6 is 22.9 Å². The topological polar surface area (TPSA) is 93.9 Å². The van der Waals surface area contributed by atoms with E-state index in [0.29, 0.717) is 15.3 Å². The Labute approximate surface area is 233 Å². The van der Waals surface area contributed by atoms with Crippen LogP contribution in [-0.2, 0) is 9.22 Å². The van der Waals surface area contributed by atoms with Gasteiger partial charge in [0.15, 0.2) is 14.1 Å². The molecule has 8 nitrogen and oxygen atoms in total. The third-order valence-corrected chi connectivity index (χ3v) is 13.8. The fourth-order valence-electron chi connectivity index (χ4n) is 4.80. The summed E-state index contributed by atoms with van der Waals surface area (Å²) in [5, 5.41) is -0.0117. The first-order chi connectivity index (χ1) is 17.7. The molecule has 1 aliphatic heterocycles. The van der Waals surface area contributed by atoms with E-state index in [-0.39, 0.29) is 34.3 Å². The number of hydrogen-bond donors (Lipinski definition) is 0. The second-order valence-electron chi connectivity index (χ2n) is 11.5. The molecular formula is C27H35ClN4O4SSi. The Bertz CT molecular complexity index is 1360. The van der Waals surface area contributed by atoms with Crippen molar-refractivity contribution >= 4 is 53.6 Å². The quantitative estimate of drug-likeness (QED) is 0.108. The van der Waals surface area contributed by atoms with Crippen LogP contribution in [0.4, 0.5) is 0 Å². The van der Waals surface area contributed by atoms with Crippen molar-refractivity contribution in [2.45, 2.75) is 77.3 Å². The van der Waals surface area contributed by atoms with Crippen molar-refractivity contribution < 1.29 is 18.8 Å². The molecule has 0 bridgehead atoms. The van der Waals surface area contributed by atoms with Gasteiger partial charge in [-0.05, 0) is 44.1 Å². The minimum Gasteiger partial charge on any atom is -0.413 e. The van der Waals surface area contributed by atoms with Crippen molar-refractivity contribution in [2.24, 2.45) is 11.8 Å². The Morgan fingerprint density at radius 1 is 1.21 bits per heavy atom. The first-order valence-corrected chi connectivity index (χ1v) is 16.9. The highest BCUT2D eigenvalue weighted by atomic mass is 35.5. The maximum atomic E-state index is 13.8. The first-order valence-electron chi connectivity index (χ1n) is 12.7. The largest absolute Gasteiger partial charge is 0.413 e. The summed E-state index contributed by atoms with van der Waals surface area (Å²) in [7, 11) is -2.14. The second-order valence-corrected chi connectivity index (χ2v) is 18.0. The van der Waals surface area contributed by atoms with Crippen LogP contribution < -0.4 is 0 Å². The smallest absolute Gasteiger partial charge is 0.231 e. The number of halogens is 1. The molecule has 0 spiro atoms. The molecule has 1 saturated heterocycles. The van der Waals surface area contributed by atoms with Crippen molar-refractivity contribution in [3.05, 3.63) is 53.2 Å². The van der Waals surface area contributed by atoms with Crippen LogP contribution in [0.2, 0.25) is 18.1 Å². The number of amides is 1. The molecule has 1 aliphatic rings. The van der Waals surface area contributed by atoms with Crippen LogP contribution in [0.3, 0.4) is 0 Å². The van der Waals surface area contributed by atoms with Gasteiger partial charge in [0.25, 0.3) is 0 Å². The summed E-state index contributed by atoms with van der Waals surface area (Å²) in [5.74, 6) is -1.42. The summed E-state index contributed by atoms with van der Waals surface area (Å²) in [6, 6.07) is 2.99. The van der Waals surface area contributed by atoms with Gasteiger partial charge in [0.1, 0.15) is 22.4 Å². The Balaban J connectivity index is 1.60. The molecular weight excluding hydrogens is 540 g/mol. The standard InChI is InChI=1S/C27H35ClN4O4SSi/c1-15(22-20(25(35)32(22)17(3)28)16(2)36-38(7,8)27(4,5)6)23(33)19-13-31-14-30-21(26(31)37-19)24(34)18-10-9-11-29-12-18/h9-17,20,22H,1-8H3/t15-,16-,17?,20-,22-/m1/s1. The molecule has 0 radical (unpaired) electrons. The molecule has 0 aliphatic carbocycles. The highest BCUT2D eigenvalue weighted by Crippen LogP contribution is 2.43. The molecule has 4 rings (SSSR count). The van der Waals surface area contributed by atoms with Crippen LogP contribution in [0.25, 0.3) is 4.83 Å². The van der Waals surface area contributed by atoms with Gasteiger partial charge in [0.2, 0.25) is 11.7 Å². The van der Waals surface area contributed by atoms with E-state index in [1.807, 2.05) is 13.8 Å². The fourth-order valence-corrected chi connectivity index (χ4v) is 7.56. The minimum atomic E-state index is -2.14. The van der Waals surface area contributed by atoms with Crippen LogP contribution in [0, 0.1) is 11.8 Å². The van der Waals surface area contributed by atoms with E-state index in [0.717, 1.165) is 0 Å². The number of carbonyl (C=O) groups excluding carboxylic acids is 3. The highest BCUT2D eigenvalue weighted by Gasteiger charge is 2.56. The lowest BCUT2D eigenvalue weighted by Crippen LogP contribution is -2.69. The van der Waals surface area contributed by atoms with Crippen molar-refractivity contribution in [1.29, 1.82) is 0 Å². The van der Waals surface area contributed by atoms with E-state index in [9.17, 15) is 14.4 Å². The highest BCUT2D eigenvalue weighted by molar-refractivity contribution is 7.19. The summed E-state index contributed by atoms with van der Waals surface area (Å²) in [6.45, 7) is 16.3. The maximum absolute atomic E-state index is 13.8. The number of pyridine rings is 1. The zero-order valence-electron chi connectivity index (χ0n) is 23.1. The van der Waals surface area contributed by atoms with Gasteiger partial charge in [-0.25, -0.2) is 4.98 Å². The number of aromatic nitrogens is 3. The molecule has 3 aromatic rings. The van der Waals surface area contributed by atoms with Gasteiger partial charge in [0.05, 0.1) is 22.9 Å². The monoisotopic (exact) mass is 574 g/mol. The van der Waals surface area contributed by atoms with Crippen molar-refractivity contribution in [3.8, 4) is 0 Å². The number of alkyl halides is 1. The average molecular weight is 575 g/mol. The number of Topliss-reactive ketones (excluding diaryl/α,β-unsaturated/α-hetero) is 1. The summed E-state index contributed by atoms with van der Waals surface area (Å²) in [6.07, 6.45) is 5.99. The van der Waals surface area contributed by atoms with Crippen LogP contribution in [-0.4, -0.2) is 62.7 Å². The fraction of sp³-hybridized carbons (Fsp3) is 0.519. The molecule has 0 aromatic carbocycles. The number of thiazole rings is 1. The molecule has 3 aromatic heterocycles. The van der Waals surface area contributed by atoms with Gasteiger partial charge in [-0.15, -0.1) is 11.3 Å². The number of imidazole rings is 1. The molecule has 1 unspecified atom stereocenters. The zero-order valence-corrected chi connectivity index (χ0v) is 25.6. The molecule has 38 heavy (non-hydrogen) atoms. The van der Waals surface area contributed by atoms with E-state index in [2.05, 4.69) is 43.8 Å². The lowest BCUT2D eigenvalue weighted by molar-refractivity contribution is -0.167. The van der Waals surface area contributed by atoms with E-state index in [4.69, 9.17) is 16.0 Å². The predicted octanol–water partition coefficient (Wildman–Crippen LogP) is 5.66. The molecule has 11 heteroatoms. The van der Waals surface area contributed by atoms with E-state index >= 15 is 0 Å². The number of fused-ring (bicyclic) bond motifs is 1. The van der Waals surface area contributed by atoms with Gasteiger partial charge in [-0.2, -0.15) is 0 Å². The van der Waals surface area contributed by atoms with Gasteiger partial charge in [0, 0.05) is 30.1 Å². The maximum Gasteiger partial charge on any atom is 0.231 e. The van der Waals surface area contributed by atoms with Crippen molar-refractivity contribution in [1.82, 2.24) is 19.3 Å². The molecule has 0 N–H and O–H groups in total. The lowest BCUT2D eigenvalue weighted by Gasteiger charge is -2.54. The lowest BCUT2D eigenvalue weighted by atomic mass is 9.75. The van der Waals surface area contributed by atoms with Crippen LogP contribution in [0.5, 0.6) is 0 Å². The SMILES string of the molecule is CC(Cl)N1C(=O)[C@H]([C@@H](C)O[Si](C)(C)C(C)(C)C)[C@H]1[C@@H](C)C(=O)c1cn2cnc(C(=O)c3cccnc3)c2s1. The Hall–Kier alpha value is -2.40. The number of likely N-dealkylation sites (tertiary alicyclic amines) is 1. The van der Waals surface area contributed by atoms with Crippen LogP contribution in [0.1, 0.15) is 67.3 Å². The third kappa shape index (κ3) is 4.99. The molecule has 204 valence electrons. The van der Waals surface area contributed by atoms with Gasteiger partial charge < -0.3 is 9.33 Å². The number of hydrogen-bond acceptors (Lipinski definition) is 7. The summed E-state index contributed by atoms with van der Waals surface area (Å²) < 4.78 is 8.27. The zero-order chi connectivity index (χ0) is 28.2. The van der Waals surface area contributed by atoms with Gasteiger partial charge in [-0.3, -0.25) is 23.8 Å². The Morgan fingerprint density at radius 3 is 2.47 bits per heavy atom. The van der Waals surface area contributed by atoms with Gasteiger partial charge >= 0.3 is 0 Å². The first kappa shape index (κ1) is 28.6. The molecule has 0 saturated carbocycles. The summed E-state index contributed by atoms with van der Waals surface area (Å²) in [4.78, 5) is 50.9. The predicted molar refractivity (Wildman–Crippen MR) is 151 cm³/mol. The molecule has 5 atom stereocenters. The number of rotatable bonds is 9. The normalized spacial score (nSPS) is 20.8. The molecule has 1 amide bonds. The summed E-state index contributed by atoms with van der Waals surface area (Å²) >= 11 is 7.63. The van der Waals surface area contributed by atoms with Gasteiger partial charge in [-0.1, -0.05) is 39.3 Å². The number of carbonyl (C=O) groups is 3. The van der Waals surface area contributed by atoms with Crippen molar-refractivity contribution in [2.75, 3.05) is 0 Å². The summed E-state index contributed by atoms with van der Waals surface area (Å²) in [5.41, 5.74) is 0.158. The van der Waals surface area contributed by atoms with Crippen molar-refractivity contribution in [3.63, 3.8) is 0 Å². The number of nitrogens with zero attached hydrogens (tertiary/aromatic N) is 4. The third-order valence-electron chi connectivity index (χ3n) is 7.92. The Kier molecular flexibility index (Phi) is 7.75. The number of ketones is 2. The van der Waals surface area contributed by atoms with E-state index in [1.54, 1.807) is 40.8 Å². The van der Waals surface area contributed by atoms with Crippen LogP contribution in [0.15, 0.2) is 37.1 Å². The Morgan fingerprint density at radius 2 is 1.89 bits per heavy atom. The molecule has 1 fully saturated rings.